The lowest BCUT2D eigenvalue weighted by atomic mass is 10.1. The van der Waals surface area contributed by atoms with Gasteiger partial charge < -0.3 is 19.5 Å². The summed E-state index contributed by atoms with van der Waals surface area (Å²) in [6, 6.07) is 25.9. The zero-order chi connectivity index (χ0) is 23.8. The van der Waals surface area contributed by atoms with Crippen molar-refractivity contribution in [1.29, 1.82) is 0 Å². The van der Waals surface area contributed by atoms with Gasteiger partial charge in [0.15, 0.2) is 0 Å². The first-order chi connectivity index (χ1) is 16.6. The van der Waals surface area contributed by atoms with Gasteiger partial charge in [0.05, 0.1) is 13.3 Å². The van der Waals surface area contributed by atoms with Crippen LogP contribution in [0.4, 0.5) is 5.69 Å². The lowest BCUT2D eigenvalue weighted by Gasteiger charge is -2.19. The van der Waals surface area contributed by atoms with E-state index in [1.54, 1.807) is 98.2 Å². The summed E-state index contributed by atoms with van der Waals surface area (Å²) in [4.78, 5) is 30.4. The average molecular weight is 454 g/mol. The molecule has 0 aliphatic rings. The molecule has 1 heterocycles. The fraction of sp³-hybridized carbons (Fsp3) is 0.0741. The van der Waals surface area contributed by atoms with Crippen molar-refractivity contribution in [2.75, 3.05) is 12.4 Å². The Morgan fingerprint density at radius 3 is 2.38 bits per heavy atom. The zero-order valence-electron chi connectivity index (χ0n) is 18.4. The summed E-state index contributed by atoms with van der Waals surface area (Å²) in [6.07, 6.45) is 1.97. The van der Waals surface area contributed by atoms with Crippen LogP contribution >= 0.6 is 0 Å². The molecule has 1 unspecified atom stereocenters. The normalized spacial score (nSPS) is 11.2. The van der Waals surface area contributed by atoms with Crippen molar-refractivity contribution in [1.82, 2.24) is 4.98 Å². The van der Waals surface area contributed by atoms with Crippen molar-refractivity contribution in [3.63, 3.8) is 0 Å². The fourth-order valence-electron chi connectivity index (χ4n) is 3.24. The van der Waals surface area contributed by atoms with Crippen molar-refractivity contribution in [3.8, 4) is 17.2 Å². The summed E-state index contributed by atoms with van der Waals surface area (Å²) >= 11 is 0. The van der Waals surface area contributed by atoms with E-state index in [1.165, 1.54) is 6.20 Å². The number of carbonyl (C=O) groups excluding carboxylic acids is 2. The van der Waals surface area contributed by atoms with Gasteiger partial charge in [-0.3, -0.25) is 9.78 Å². The van der Waals surface area contributed by atoms with Gasteiger partial charge in [-0.05, 0) is 36.4 Å². The number of hydrogen-bond donors (Lipinski definition) is 1. The number of para-hydroxylation sites is 1. The fourth-order valence-corrected chi connectivity index (χ4v) is 3.24. The molecule has 7 heteroatoms. The van der Waals surface area contributed by atoms with Gasteiger partial charge in [-0.2, -0.15) is 0 Å². The minimum absolute atomic E-state index is 0.182. The highest BCUT2D eigenvalue weighted by atomic mass is 16.6. The molecule has 7 nitrogen and oxygen atoms in total. The number of aromatic nitrogens is 1. The molecular weight excluding hydrogens is 432 g/mol. The molecular formula is C27H22N2O5. The van der Waals surface area contributed by atoms with Gasteiger partial charge in [0.1, 0.15) is 22.8 Å². The highest BCUT2D eigenvalue weighted by molar-refractivity contribution is 5.99. The summed E-state index contributed by atoms with van der Waals surface area (Å²) in [5.74, 6) is 0.152. The van der Waals surface area contributed by atoms with Gasteiger partial charge in [-0.1, -0.05) is 48.5 Å². The SMILES string of the molecule is COc1cccc(NC(=O)C(OC(=O)c2ccccc2Oc2cccnc2)c2ccccc2)c1. The predicted molar refractivity (Wildman–Crippen MR) is 127 cm³/mol. The summed E-state index contributed by atoms with van der Waals surface area (Å²) in [6.45, 7) is 0. The maximum atomic E-state index is 13.2. The second-order valence-corrected chi connectivity index (χ2v) is 7.20. The second-order valence-electron chi connectivity index (χ2n) is 7.20. The van der Waals surface area contributed by atoms with Crippen molar-refractivity contribution < 1.29 is 23.8 Å². The highest BCUT2D eigenvalue weighted by Gasteiger charge is 2.27. The van der Waals surface area contributed by atoms with E-state index < -0.39 is 18.0 Å². The van der Waals surface area contributed by atoms with E-state index in [9.17, 15) is 9.59 Å². The van der Waals surface area contributed by atoms with Gasteiger partial charge in [0, 0.05) is 23.5 Å². The summed E-state index contributed by atoms with van der Waals surface area (Å²) in [5, 5.41) is 2.79. The molecule has 0 saturated heterocycles. The zero-order valence-corrected chi connectivity index (χ0v) is 18.4. The van der Waals surface area contributed by atoms with Gasteiger partial charge in [-0.15, -0.1) is 0 Å². The van der Waals surface area contributed by atoms with Crippen LogP contribution in [0.15, 0.2) is 103 Å². The van der Waals surface area contributed by atoms with Gasteiger partial charge >= 0.3 is 5.97 Å². The smallest absolute Gasteiger partial charge is 0.343 e. The number of carbonyl (C=O) groups is 2. The lowest BCUT2D eigenvalue weighted by Crippen LogP contribution is -2.26. The lowest BCUT2D eigenvalue weighted by molar-refractivity contribution is -0.125. The Morgan fingerprint density at radius 1 is 0.853 bits per heavy atom. The molecule has 4 aromatic rings. The number of amides is 1. The van der Waals surface area contributed by atoms with Crippen LogP contribution in [0.2, 0.25) is 0 Å². The van der Waals surface area contributed by atoms with Gasteiger partial charge in [-0.25, -0.2) is 4.79 Å². The molecule has 4 rings (SSSR count). The molecule has 0 radical (unpaired) electrons. The van der Waals surface area contributed by atoms with E-state index in [0.717, 1.165) is 0 Å². The molecule has 0 saturated carbocycles. The molecule has 0 fully saturated rings. The Bertz CT molecular complexity index is 1260. The van der Waals surface area contributed by atoms with Crippen LogP contribution in [0, 0.1) is 0 Å². The minimum Gasteiger partial charge on any atom is -0.497 e. The van der Waals surface area contributed by atoms with Crippen molar-refractivity contribution in [2.24, 2.45) is 0 Å². The monoisotopic (exact) mass is 454 g/mol. The third-order valence-corrected chi connectivity index (χ3v) is 4.87. The first-order valence-corrected chi connectivity index (χ1v) is 10.5. The van der Waals surface area contributed by atoms with Crippen LogP contribution in [0.5, 0.6) is 17.2 Å². The van der Waals surface area contributed by atoms with Crippen molar-refractivity contribution in [3.05, 3.63) is 115 Å². The number of esters is 1. The van der Waals surface area contributed by atoms with E-state index in [4.69, 9.17) is 14.2 Å². The Labute approximate surface area is 196 Å². The van der Waals surface area contributed by atoms with Crippen molar-refractivity contribution >= 4 is 17.6 Å². The molecule has 1 atom stereocenters. The predicted octanol–water partition coefficient (Wildman–Crippen LogP) is 5.42. The van der Waals surface area contributed by atoms with Gasteiger partial charge in [0.2, 0.25) is 6.10 Å². The molecule has 3 aromatic carbocycles. The summed E-state index contributed by atoms with van der Waals surface area (Å²) < 4.78 is 16.7. The number of nitrogens with one attached hydrogen (secondary N) is 1. The van der Waals surface area contributed by atoms with Crippen LogP contribution in [0.1, 0.15) is 22.0 Å². The van der Waals surface area contributed by atoms with Crippen LogP contribution in [0.25, 0.3) is 0 Å². The van der Waals surface area contributed by atoms with Crippen molar-refractivity contribution in [2.45, 2.75) is 6.10 Å². The Hall–Kier alpha value is -4.65. The third kappa shape index (κ3) is 5.58. The van der Waals surface area contributed by atoms with Crippen LogP contribution in [-0.2, 0) is 9.53 Å². The Kier molecular flexibility index (Phi) is 7.15. The number of nitrogens with zero attached hydrogens (tertiary/aromatic N) is 1. The first kappa shape index (κ1) is 22.5. The van der Waals surface area contributed by atoms with E-state index in [0.29, 0.717) is 28.5 Å². The van der Waals surface area contributed by atoms with Crippen LogP contribution < -0.4 is 14.8 Å². The molecule has 0 aliphatic heterocycles. The number of hydrogen-bond acceptors (Lipinski definition) is 6. The summed E-state index contributed by atoms with van der Waals surface area (Å²) in [7, 11) is 1.54. The summed E-state index contributed by atoms with van der Waals surface area (Å²) in [5.41, 5.74) is 1.23. The van der Waals surface area contributed by atoms with E-state index in [1.807, 2.05) is 6.07 Å². The molecule has 1 amide bonds. The Balaban J connectivity index is 1.59. The highest BCUT2D eigenvalue weighted by Crippen LogP contribution is 2.28. The number of methoxy groups -OCH3 is 1. The van der Waals surface area contributed by atoms with Gasteiger partial charge in [0.25, 0.3) is 5.91 Å². The maximum Gasteiger partial charge on any atom is 0.343 e. The molecule has 0 spiro atoms. The number of pyridine rings is 1. The quantitative estimate of drug-likeness (QED) is 0.358. The number of ether oxygens (including phenoxy) is 3. The second kappa shape index (κ2) is 10.8. The maximum absolute atomic E-state index is 13.2. The average Bonchev–Trinajstić information content (AvgIpc) is 2.88. The molecule has 170 valence electrons. The first-order valence-electron chi connectivity index (χ1n) is 10.5. The Morgan fingerprint density at radius 2 is 1.62 bits per heavy atom. The van der Waals surface area contributed by atoms with E-state index >= 15 is 0 Å². The molecule has 0 bridgehead atoms. The number of benzene rings is 3. The van der Waals surface area contributed by atoms with E-state index in [-0.39, 0.29) is 5.56 Å². The standard InChI is InChI=1S/C27H22N2O5/c1-32-21-12-7-11-20(17-21)29-26(30)25(19-9-3-2-4-10-19)34-27(31)23-14-5-6-15-24(23)33-22-13-8-16-28-18-22/h2-18,25H,1H3,(H,29,30). The van der Waals surface area contributed by atoms with E-state index in [2.05, 4.69) is 10.3 Å². The topological polar surface area (TPSA) is 86.8 Å². The number of anilines is 1. The molecule has 1 N–H and O–H groups in total. The molecule has 1 aromatic heterocycles. The third-order valence-electron chi connectivity index (χ3n) is 4.87. The minimum atomic E-state index is -1.19. The molecule has 0 aliphatic carbocycles. The molecule has 34 heavy (non-hydrogen) atoms. The van der Waals surface area contributed by atoms with Crippen LogP contribution in [0.3, 0.4) is 0 Å². The largest absolute Gasteiger partial charge is 0.497 e. The van der Waals surface area contributed by atoms with Crippen LogP contribution in [-0.4, -0.2) is 24.0 Å². The number of rotatable bonds is 8.